The maximum atomic E-state index is 11.5. The lowest BCUT2D eigenvalue weighted by Crippen LogP contribution is -2.35. The quantitative estimate of drug-likeness (QED) is 0.730. The van der Waals surface area contributed by atoms with Gasteiger partial charge in [0.15, 0.2) is 0 Å². The number of urea groups is 1. The van der Waals surface area contributed by atoms with Crippen molar-refractivity contribution in [2.24, 2.45) is 0 Å². The lowest BCUT2D eigenvalue weighted by atomic mass is 10.1. The molecule has 0 bridgehead atoms. The van der Waals surface area contributed by atoms with Crippen molar-refractivity contribution in [2.75, 3.05) is 6.54 Å². The molecule has 0 atom stereocenters. The number of amides is 2. The number of hydrogen-bond donors (Lipinski definition) is 2. The third-order valence-electron chi connectivity index (χ3n) is 2.77. The molecule has 94 valence electrons. The number of nitrogens with one attached hydrogen (secondary N) is 2. The highest BCUT2D eigenvalue weighted by molar-refractivity contribution is 5.73. The van der Waals surface area contributed by atoms with E-state index in [1.54, 1.807) is 0 Å². The number of hydrogen-bond acceptors (Lipinski definition) is 1. The highest BCUT2D eigenvalue weighted by Gasteiger charge is 2.01. The molecule has 3 heteroatoms. The largest absolute Gasteiger partial charge is 0.338 e. The Morgan fingerprint density at radius 1 is 1.18 bits per heavy atom. The fraction of sp³-hybridized carbons (Fsp3) is 0.500. The topological polar surface area (TPSA) is 41.1 Å². The Bertz CT molecular complexity index is 350. The highest BCUT2D eigenvalue weighted by atomic mass is 16.2. The third-order valence-corrected chi connectivity index (χ3v) is 2.77. The van der Waals surface area contributed by atoms with Crippen molar-refractivity contribution in [3.05, 3.63) is 35.4 Å². The lowest BCUT2D eigenvalue weighted by molar-refractivity contribution is 0.240. The molecule has 0 spiro atoms. The number of carbonyl (C=O) groups excluding carboxylic acids is 1. The number of carbonyl (C=O) groups is 1. The van der Waals surface area contributed by atoms with Gasteiger partial charge in [-0.3, -0.25) is 0 Å². The molecule has 0 unspecified atom stereocenters. The van der Waals surface area contributed by atoms with Crippen LogP contribution in [0.2, 0.25) is 0 Å². The van der Waals surface area contributed by atoms with E-state index in [2.05, 4.69) is 30.5 Å². The fourth-order valence-electron chi connectivity index (χ4n) is 1.62. The van der Waals surface area contributed by atoms with Crippen molar-refractivity contribution in [1.29, 1.82) is 0 Å². The Balaban J connectivity index is 2.22. The summed E-state index contributed by atoms with van der Waals surface area (Å²) in [4.78, 5) is 11.5. The predicted octanol–water partition coefficient (Wildman–Crippen LogP) is 2.98. The van der Waals surface area contributed by atoms with E-state index in [-0.39, 0.29) is 6.03 Å². The number of rotatable bonds is 6. The smallest absolute Gasteiger partial charge is 0.315 e. The monoisotopic (exact) mass is 234 g/mol. The molecular weight excluding hydrogens is 212 g/mol. The van der Waals surface area contributed by atoms with Crippen LogP contribution in [0.1, 0.15) is 37.3 Å². The molecule has 0 aliphatic rings. The van der Waals surface area contributed by atoms with Crippen molar-refractivity contribution < 1.29 is 4.79 Å². The Morgan fingerprint density at radius 2 is 1.94 bits per heavy atom. The van der Waals surface area contributed by atoms with Crippen LogP contribution in [0.3, 0.4) is 0 Å². The maximum absolute atomic E-state index is 11.5. The molecule has 17 heavy (non-hydrogen) atoms. The van der Waals surface area contributed by atoms with Crippen LogP contribution in [0.25, 0.3) is 0 Å². The Labute approximate surface area is 104 Å². The summed E-state index contributed by atoms with van der Waals surface area (Å²) < 4.78 is 0. The first-order valence-electron chi connectivity index (χ1n) is 6.30. The molecule has 2 amide bonds. The van der Waals surface area contributed by atoms with Gasteiger partial charge in [0, 0.05) is 13.1 Å². The first-order valence-corrected chi connectivity index (χ1v) is 6.30. The number of benzene rings is 1. The molecule has 2 N–H and O–H groups in total. The van der Waals surface area contributed by atoms with E-state index in [0.29, 0.717) is 6.54 Å². The zero-order valence-electron chi connectivity index (χ0n) is 10.8. The van der Waals surface area contributed by atoms with Gasteiger partial charge in [-0.25, -0.2) is 4.79 Å². The van der Waals surface area contributed by atoms with E-state index < -0.39 is 0 Å². The molecular formula is C14H22N2O. The van der Waals surface area contributed by atoms with Crippen molar-refractivity contribution in [1.82, 2.24) is 10.6 Å². The average Bonchev–Trinajstić information content (AvgIpc) is 2.34. The minimum atomic E-state index is -0.0793. The fourth-order valence-corrected chi connectivity index (χ4v) is 1.62. The van der Waals surface area contributed by atoms with Crippen LogP contribution in [0.5, 0.6) is 0 Å². The van der Waals surface area contributed by atoms with Gasteiger partial charge in [-0.15, -0.1) is 0 Å². The molecule has 1 aromatic carbocycles. The van der Waals surface area contributed by atoms with Gasteiger partial charge in [0.2, 0.25) is 0 Å². The number of unbranched alkanes of at least 4 members (excludes halogenated alkanes) is 2. The van der Waals surface area contributed by atoms with Gasteiger partial charge in [-0.05, 0) is 24.5 Å². The molecule has 0 saturated heterocycles. The highest BCUT2D eigenvalue weighted by Crippen LogP contribution is 2.05. The molecule has 0 fully saturated rings. The van der Waals surface area contributed by atoms with Gasteiger partial charge in [0.25, 0.3) is 0 Å². The zero-order chi connectivity index (χ0) is 12.5. The van der Waals surface area contributed by atoms with Crippen molar-refractivity contribution in [3.63, 3.8) is 0 Å². The van der Waals surface area contributed by atoms with E-state index in [9.17, 15) is 4.79 Å². The van der Waals surface area contributed by atoms with Gasteiger partial charge in [-0.1, -0.05) is 44.0 Å². The van der Waals surface area contributed by atoms with Gasteiger partial charge < -0.3 is 10.6 Å². The van der Waals surface area contributed by atoms with E-state index in [1.807, 2.05) is 18.2 Å². The van der Waals surface area contributed by atoms with Crippen LogP contribution in [0.4, 0.5) is 4.79 Å². The van der Waals surface area contributed by atoms with Crippen LogP contribution < -0.4 is 10.6 Å². The summed E-state index contributed by atoms with van der Waals surface area (Å²) in [5.74, 6) is 0. The van der Waals surface area contributed by atoms with Crippen LogP contribution in [0, 0.1) is 6.92 Å². The molecule has 0 radical (unpaired) electrons. The Hall–Kier alpha value is -1.51. The van der Waals surface area contributed by atoms with Crippen molar-refractivity contribution >= 4 is 6.03 Å². The minimum Gasteiger partial charge on any atom is -0.338 e. The predicted molar refractivity (Wildman–Crippen MR) is 70.9 cm³/mol. The average molecular weight is 234 g/mol. The molecule has 1 aromatic rings. The second-order valence-corrected chi connectivity index (χ2v) is 4.24. The molecule has 3 nitrogen and oxygen atoms in total. The molecule has 1 rings (SSSR count). The summed E-state index contributed by atoms with van der Waals surface area (Å²) in [7, 11) is 0. The van der Waals surface area contributed by atoms with E-state index in [0.717, 1.165) is 24.9 Å². The van der Waals surface area contributed by atoms with Gasteiger partial charge in [-0.2, -0.15) is 0 Å². The van der Waals surface area contributed by atoms with Gasteiger partial charge in [0.1, 0.15) is 0 Å². The summed E-state index contributed by atoms with van der Waals surface area (Å²) in [6.07, 6.45) is 3.39. The first kappa shape index (κ1) is 13.6. The molecule has 0 aliphatic carbocycles. The van der Waals surface area contributed by atoms with Crippen LogP contribution in [-0.2, 0) is 6.54 Å². The zero-order valence-corrected chi connectivity index (χ0v) is 10.8. The van der Waals surface area contributed by atoms with Gasteiger partial charge >= 0.3 is 6.03 Å². The summed E-state index contributed by atoms with van der Waals surface area (Å²) in [5, 5.41) is 5.72. The minimum absolute atomic E-state index is 0.0793. The Kier molecular flexibility index (Phi) is 6.15. The summed E-state index contributed by atoms with van der Waals surface area (Å²) in [6.45, 7) is 5.55. The third kappa shape index (κ3) is 5.38. The van der Waals surface area contributed by atoms with Crippen molar-refractivity contribution in [2.45, 2.75) is 39.7 Å². The Morgan fingerprint density at radius 3 is 2.65 bits per heavy atom. The molecule has 0 saturated carbocycles. The first-order chi connectivity index (χ1) is 8.24. The molecule has 0 aliphatic heterocycles. The van der Waals surface area contributed by atoms with E-state index in [4.69, 9.17) is 0 Å². The van der Waals surface area contributed by atoms with Crippen molar-refractivity contribution in [3.8, 4) is 0 Å². The number of aryl methyl sites for hydroxylation is 1. The lowest BCUT2D eigenvalue weighted by Gasteiger charge is -2.09. The van der Waals surface area contributed by atoms with E-state index >= 15 is 0 Å². The standard InChI is InChI=1S/C14H22N2O/c1-3-4-7-10-15-14(17)16-11-13-9-6-5-8-12(13)2/h5-6,8-9H,3-4,7,10-11H2,1-2H3,(H2,15,16,17). The summed E-state index contributed by atoms with van der Waals surface area (Å²) in [6, 6.07) is 8.00. The van der Waals surface area contributed by atoms with Gasteiger partial charge in [0.05, 0.1) is 0 Å². The summed E-state index contributed by atoms with van der Waals surface area (Å²) in [5.41, 5.74) is 2.37. The molecule has 0 aromatic heterocycles. The van der Waals surface area contributed by atoms with Crippen LogP contribution in [0.15, 0.2) is 24.3 Å². The summed E-state index contributed by atoms with van der Waals surface area (Å²) >= 11 is 0. The van der Waals surface area contributed by atoms with Crippen LogP contribution >= 0.6 is 0 Å². The van der Waals surface area contributed by atoms with Crippen LogP contribution in [-0.4, -0.2) is 12.6 Å². The normalized spacial score (nSPS) is 10.0. The second-order valence-electron chi connectivity index (χ2n) is 4.24. The second kappa shape index (κ2) is 7.71. The van der Waals surface area contributed by atoms with E-state index in [1.165, 1.54) is 12.0 Å². The molecule has 0 heterocycles. The maximum Gasteiger partial charge on any atom is 0.315 e. The SMILES string of the molecule is CCCCCNC(=O)NCc1ccccc1C.